The Balaban J connectivity index is 1.74. The Kier molecular flexibility index (Phi) is 4.94. The van der Waals surface area contributed by atoms with Crippen molar-refractivity contribution in [2.45, 2.75) is 6.54 Å². The zero-order chi connectivity index (χ0) is 17.6. The predicted molar refractivity (Wildman–Crippen MR) is 93.1 cm³/mol. The van der Waals surface area contributed by atoms with Gasteiger partial charge < -0.3 is 14.8 Å². The first-order chi connectivity index (χ1) is 12.2. The summed E-state index contributed by atoms with van der Waals surface area (Å²) < 4.78 is 12.0. The van der Waals surface area contributed by atoms with Gasteiger partial charge in [0.05, 0.1) is 32.6 Å². The normalized spacial score (nSPS) is 10.3. The number of ether oxygens (including phenoxy) is 2. The molecule has 7 heteroatoms. The van der Waals surface area contributed by atoms with Crippen molar-refractivity contribution < 1.29 is 14.3 Å². The van der Waals surface area contributed by atoms with E-state index in [4.69, 9.17) is 9.47 Å². The van der Waals surface area contributed by atoms with Gasteiger partial charge in [-0.05, 0) is 17.7 Å². The largest absolute Gasteiger partial charge is 0.497 e. The first kappa shape index (κ1) is 16.5. The first-order valence-electron chi connectivity index (χ1n) is 7.67. The maximum Gasteiger partial charge on any atom is 0.277 e. The van der Waals surface area contributed by atoms with Gasteiger partial charge in [-0.2, -0.15) is 0 Å². The molecule has 0 radical (unpaired) electrons. The number of methoxy groups -OCH3 is 2. The average molecular weight is 338 g/mol. The van der Waals surface area contributed by atoms with Crippen molar-refractivity contribution in [3.05, 3.63) is 66.0 Å². The summed E-state index contributed by atoms with van der Waals surface area (Å²) in [6.45, 7) is 0.545. The molecule has 1 N–H and O–H groups in total. The number of carbonyl (C=O) groups is 1. The molecule has 0 saturated carbocycles. The topological polar surface area (TPSA) is 78.3 Å². The summed E-state index contributed by atoms with van der Waals surface area (Å²) in [7, 11) is 3.09. The van der Waals surface area contributed by atoms with Crippen molar-refractivity contribution in [2.75, 3.05) is 19.5 Å². The highest BCUT2D eigenvalue weighted by atomic mass is 16.5. The van der Waals surface area contributed by atoms with Crippen molar-refractivity contribution >= 4 is 11.6 Å². The summed E-state index contributed by atoms with van der Waals surface area (Å²) in [5.74, 6) is 0.778. The van der Waals surface area contributed by atoms with Gasteiger partial charge in [-0.15, -0.1) is 5.10 Å². The van der Waals surface area contributed by atoms with Crippen LogP contribution in [0.5, 0.6) is 11.5 Å². The van der Waals surface area contributed by atoms with Crippen LogP contribution in [0.15, 0.2) is 54.7 Å². The summed E-state index contributed by atoms with van der Waals surface area (Å²) in [5, 5.41) is 10.7. The molecule has 0 bridgehead atoms. The van der Waals surface area contributed by atoms with Crippen LogP contribution in [0.3, 0.4) is 0 Å². The predicted octanol–water partition coefficient (Wildman–Crippen LogP) is 2.60. The fourth-order valence-corrected chi connectivity index (χ4v) is 2.35. The molecule has 1 heterocycles. The lowest BCUT2D eigenvalue weighted by Gasteiger charge is -2.10. The highest BCUT2D eigenvalue weighted by molar-refractivity contribution is 6.03. The molecule has 0 aliphatic heterocycles. The van der Waals surface area contributed by atoms with Gasteiger partial charge in [0.1, 0.15) is 11.5 Å². The van der Waals surface area contributed by atoms with E-state index in [9.17, 15) is 4.79 Å². The Morgan fingerprint density at radius 1 is 1.12 bits per heavy atom. The minimum absolute atomic E-state index is 0.223. The maximum absolute atomic E-state index is 12.4. The monoisotopic (exact) mass is 338 g/mol. The first-order valence-corrected chi connectivity index (χ1v) is 7.67. The van der Waals surface area contributed by atoms with Crippen LogP contribution in [0.25, 0.3) is 0 Å². The smallest absolute Gasteiger partial charge is 0.277 e. The summed E-state index contributed by atoms with van der Waals surface area (Å²) in [5.41, 5.74) is 1.80. The lowest BCUT2D eigenvalue weighted by Crippen LogP contribution is -2.13. The second kappa shape index (κ2) is 7.48. The minimum atomic E-state index is -0.370. The van der Waals surface area contributed by atoms with Gasteiger partial charge >= 0.3 is 0 Å². The van der Waals surface area contributed by atoms with E-state index in [0.29, 0.717) is 23.7 Å². The fourth-order valence-electron chi connectivity index (χ4n) is 2.35. The van der Waals surface area contributed by atoms with Crippen LogP contribution >= 0.6 is 0 Å². The second-order valence-corrected chi connectivity index (χ2v) is 5.31. The average Bonchev–Trinajstić information content (AvgIpc) is 3.11. The number of hydrogen-bond acceptors (Lipinski definition) is 5. The van der Waals surface area contributed by atoms with Gasteiger partial charge in [-0.1, -0.05) is 35.5 Å². The molecule has 2 aromatic carbocycles. The third kappa shape index (κ3) is 3.95. The molecule has 7 nitrogen and oxygen atoms in total. The number of nitrogens with one attached hydrogen (secondary N) is 1. The Morgan fingerprint density at radius 2 is 1.92 bits per heavy atom. The van der Waals surface area contributed by atoms with Gasteiger partial charge in [-0.25, -0.2) is 4.68 Å². The molecule has 128 valence electrons. The van der Waals surface area contributed by atoms with Gasteiger partial charge in [0, 0.05) is 6.07 Å². The molecular weight excluding hydrogens is 320 g/mol. The lowest BCUT2D eigenvalue weighted by atomic mass is 10.2. The summed E-state index contributed by atoms with van der Waals surface area (Å²) in [6.07, 6.45) is 1.61. The van der Waals surface area contributed by atoms with Crippen LogP contribution in [0.2, 0.25) is 0 Å². The van der Waals surface area contributed by atoms with Crippen LogP contribution in [0, 0.1) is 0 Å². The molecular formula is C18H18N4O3. The summed E-state index contributed by atoms with van der Waals surface area (Å²) in [4.78, 5) is 12.4. The van der Waals surface area contributed by atoms with Crippen LogP contribution in [0.4, 0.5) is 5.69 Å². The van der Waals surface area contributed by atoms with E-state index in [1.54, 1.807) is 36.2 Å². The lowest BCUT2D eigenvalue weighted by molar-refractivity contribution is 0.102. The third-order valence-corrected chi connectivity index (χ3v) is 3.61. The Morgan fingerprint density at radius 3 is 2.64 bits per heavy atom. The van der Waals surface area contributed by atoms with Crippen molar-refractivity contribution in [3.63, 3.8) is 0 Å². The zero-order valence-corrected chi connectivity index (χ0v) is 14.0. The standard InChI is InChI=1S/C18H18N4O3/c1-24-14-8-9-17(25-2)15(10-14)19-18(23)16-12-22(21-20-16)11-13-6-4-3-5-7-13/h3-10,12H,11H2,1-2H3,(H,19,23). The number of hydrogen-bond donors (Lipinski definition) is 1. The van der Waals surface area contributed by atoms with Gasteiger partial charge in [0.2, 0.25) is 0 Å². The molecule has 3 aromatic rings. The van der Waals surface area contributed by atoms with Gasteiger partial charge in [0.15, 0.2) is 5.69 Å². The van der Waals surface area contributed by atoms with E-state index >= 15 is 0 Å². The molecule has 0 spiro atoms. The Labute approximate surface area is 145 Å². The minimum Gasteiger partial charge on any atom is -0.497 e. The maximum atomic E-state index is 12.4. The SMILES string of the molecule is COc1ccc(OC)c(NC(=O)c2cn(Cc3ccccc3)nn2)c1. The molecule has 1 amide bonds. The van der Waals surface area contributed by atoms with Crippen molar-refractivity contribution in [2.24, 2.45) is 0 Å². The van der Waals surface area contributed by atoms with E-state index in [0.717, 1.165) is 5.56 Å². The number of amides is 1. The van der Waals surface area contributed by atoms with E-state index in [1.807, 2.05) is 30.3 Å². The highest BCUT2D eigenvalue weighted by Crippen LogP contribution is 2.29. The Hall–Kier alpha value is -3.35. The summed E-state index contributed by atoms with van der Waals surface area (Å²) in [6, 6.07) is 15.0. The quantitative estimate of drug-likeness (QED) is 0.747. The molecule has 0 atom stereocenters. The van der Waals surface area contributed by atoms with Crippen LogP contribution in [-0.2, 0) is 6.54 Å². The zero-order valence-electron chi connectivity index (χ0n) is 14.0. The number of anilines is 1. The van der Waals surface area contributed by atoms with Crippen LogP contribution in [-0.4, -0.2) is 35.1 Å². The molecule has 1 aromatic heterocycles. The van der Waals surface area contributed by atoms with Gasteiger partial charge in [-0.3, -0.25) is 4.79 Å². The van der Waals surface area contributed by atoms with Crippen molar-refractivity contribution in [1.29, 1.82) is 0 Å². The van der Waals surface area contributed by atoms with E-state index in [2.05, 4.69) is 15.6 Å². The molecule has 0 aliphatic rings. The molecule has 25 heavy (non-hydrogen) atoms. The number of benzene rings is 2. The molecule has 0 unspecified atom stereocenters. The number of nitrogens with zero attached hydrogens (tertiary/aromatic N) is 3. The fraction of sp³-hybridized carbons (Fsp3) is 0.167. The number of rotatable bonds is 6. The van der Waals surface area contributed by atoms with Crippen molar-refractivity contribution in [3.8, 4) is 11.5 Å². The van der Waals surface area contributed by atoms with Gasteiger partial charge in [0.25, 0.3) is 5.91 Å². The number of aromatic nitrogens is 3. The number of carbonyl (C=O) groups excluding carboxylic acids is 1. The highest BCUT2D eigenvalue weighted by Gasteiger charge is 2.14. The molecule has 0 saturated heterocycles. The Bertz CT molecular complexity index is 862. The second-order valence-electron chi connectivity index (χ2n) is 5.31. The van der Waals surface area contributed by atoms with Crippen LogP contribution in [0.1, 0.15) is 16.1 Å². The third-order valence-electron chi connectivity index (χ3n) is 3.61. The van der Waals surface area contributed by atoms with E-state index in [1.165, 1.54) is 7.11 Å². The van der Waals surface area contributed by atoms with E-state index in [-0.39, 0.29) is 11.6 Å². The molecule has 0 aliphatic carbocycles. The van der Waals surface area contributed by atoms with E-state index < -0.39 is 0 Å². The summed E-state index contributed by atoms with van der Waals surface area (Å²) >= 11 is 0. The molecule has 3 rings (SSSR count). The van der Waals surface area contributed by atoms with Crippen molar-refractivity contribution in [1.82, 2.24) is 15.0 Å². The molecule has 0 fully saturated rings. The van der Waals surface area contributed by atoms with Crippen LogP contribution < -0.4 is 14.8 Å².